The van der Waals surface area contributed by atoms with Crippen LogP contribution in [0.1, 0.15) is 50.7 Å². The number of carboxylic acid groups (broad SMARTS) is 1. The third-order valence-electron chi connectivity index (χ3n) is 7.82. The summed E-state index contributed by atoms with van der Waals surface area (Å²) in [6.45, 7) is 1.92. The number of hydrogen-bond donors (Lipinski definition) is 3. The fraction of sp³-hybridized carbons (Fsp3) is 0.520. The average molecular weight is 502 g/mol. The van der Waals surface area contributed by atoms with Gasteiger partial charge in [0.1, 0.15) is 5.76 Å². The maximum absolute atomic E-state index is 13.2. The summed E-state index contributed by atoms with van der Waals surface area (Å²) in [5.74, 6) is -4.92. The van der Waals surface area contributed by atoms with E-state index < -0.39 is 53.2 Å². The number of aliphatic hydroxyl groups is 1. The standard InChI is InChI=1S/C25H26O11/c1-11(26)33-19(22(29)30)20(34-12(2)27)23(31)35-16-7-9-25(32)14-4-3-8-24(25)17-13(10-14)5-6-15(28)18(17)36-21(16)24/h5-7,14,19-21,28,32H,3-4,8-10H2,1-2H3,(H,29,30)/t14-,19+,20+,21+,24+,25-/m1/s1. The minimum Gasteiger partial charge on any atom is -0.504 e. The number of aromatic hydroxyl groups is 1. The van der Waals surface area contributed by atoms with Crippen LogP contribution in [0, 0.1) is 5.92 Å². The topological polar surface area (TPSA) is 166 Å². The molecule has 36 heavy (non-hydrogen) atoms. The normalized spacial score (nSPS) is 30.6. The second-order valence-corrected chi connectivity index (χ2v) is 9.76. The molecule has 2 bridgehead atoms. The van der Waals surface area contributed by atoms with Crippen LogP contribution in [0.25, 0.3) is 0 Å². The Morgan fingerprint density at radius 1 is 1.11 bits per heavy atom. The van der Waals surface area contributed by atoms with E-state index in [-0.39, 0.29) is 29.6 Å². The van der Waals surface area contributed by atoms with Crippen LogP contribution in [0.3, 0.4) is 0 Å². The first-order valence-electron chi connectivity index (χ1n) is 11.7. The quantitative estimate of drug-likeness (QED) is 0.379. The van der Waals surface area contributed by atoms with Crippen LogP contribution in [0.15, 0.2) is 24.0 Å². The SMILES string of the molecule is CC(=O)O[C@H](C(=O)O)[C@H](OC(C)=O)C(=O)OC1=CC[C@@]2(O)[C@@H]3CCC[C@@]24c2c(ccc(O)c2O[C@@H]14)C3. The summed E-state index contributed by atoms with van der Waals surface area (Å²) < 4.78 is 21.3. The van der Waals surface area contributed by atoms with Crippen LogP contribution in [0.5, 0.6) is 11.5 Å². The summed E-state index contributed by atoms with van der Waals surface area (Å²) >= 11 is 0. The Bertz CT molecular complexity index is 1200. The molecule has 1 aromatic carbocycles. The van der Waals surface area contributed by atoms with Crippen LogP contribution in [0.4, 0.5) is 0 Å². The molecule has 11 heteroatoms. The number of ether oxygens (including phenoxy) is 4. The lowest BCUT2D eigenvalue weighted by Crippen LogP contribution is -2.67. The van der Waals surface area contributed by atoms with E-state index in [0.717, 1.165) is 32.3 Å². The molecule has 11 nitrogen and oxygen atoms in total. The Morgan fingerprint density at radius 3 is 2.47 bits per heavy atom. The van der Waals surface area contributed by atoms with Crippen molar-refractivity contribution < 1.29 is 53.4 Å². The van der Waals surface area contributed by atoms with Gasteiger partial charge in [-0.25, -0.2) is 9.59 Å². The predicted octanol–water partition coefficient (Wildman–Crippen LogP) is 1.26. The molecule has 0 aromatic heterocycles. The van der Waals surface area contributed by atoms with Crippen molar-refractivity contribution in [3.8, 4) is 11.5 Å². The fourth-order valence-electron chi connectivity index (χ4n) is 6.54. The van der Waals surface area contributed by atoms with Gasteiger partial charge < -0.3 is 34.3 Å². The van der Waals surface area contributed by atoms with Gasteiger partial charge in [0, 0.05) is 19.4 Å². The highest BCUT2D eigenvalue weighted by Gasteiger charge is 2.71. The van der Waals surface area contributed by atoms with E-state index >= 15 is 0 Å². The molecular formula is C25H26O11. The van der Waals surface area contributed by atoms with Crippen molar-refractivity contribution >= 4 is 23.9 Å². The predicted molar refractivity (Wildman–Crippen MR) is 118 cm³/mol. The molecular weight excluding hydrogens is 476 g/mol. The van der Waals surface area contributed by atoms with Crippen LogP contribution in [-0.2, 0) is 45.2 Å². The number of phenols is 1. The molecule has 192 valence electrons. The maximum atomic E-state index is 13.2. The van der Waals surface area contributed by atoms with Gasteiger partial charge in [0.05, 0.1) is 11.0 Å². The van der Waals surface area contributed by atoms with Crippen LogP contribution >= 0.6 is 0 Å². The number of benzene rings is 1. The van der Waals surface area contributed by atoms with Crippen molar-refractivity contribution in [3.05, 3.63) is 35.1 Å². The molecule has 1 saturated carbocycles. The summed E-state index contributed by atoms with van der Waals surface area (Å²) in [6, 6.07) is 3.35. The minimum absolute atomic E-state index is 0.00195. The second-order valence-electron chi connectivity index (χ2n) is 9.76. The second kappa shape index (κ2) is 8.22. The first-order valence-corrected chi connectivity index (χ1v) is 11.7. The molecule has 1 spiro atoms. The van der Waals surface area contributed by atoms with E-state index in [1.54, 1.807) is 0 Å². The molecule has 1 aromatic rings. The van der Waals surface area contributed by atoms with Gasteiger partial charge in [-0.3, -0.25) is 9.59 Å². The molecule has 3 aliphatic carbocycles. The summed E-state index contributed by atoms with van der Waals surface area (Å²) in [5, 5.41) is 32.1. The molecule has 3 N–H and O–H groups in total. The van der Waals surface area contributed by atoms with Gasteiger partial charge in [0.15, 0.2) is 17.6 Å². The van der Waals surface area contributed by atoms with Crippen LogP contribution < -0.4 is 4.74 Å². The number of esters is 3. The molecule has 1 heterocycles. The van der Waals surface area contributed by atoms with Gasteiger partial charge >= 0.3 is 23.9 Å². The number of carboxylic acids is 1. The van der Waals surface area contributed by atoms with Gasteiger partial charge in [-0.15, -0.1) is 0 Å². The number of carbonyl (C=O) groups is 4. The highest BCUT2D eigenvalue weighted by atomic mass is 16.6. The Hall–Kier alpha value is -3.60. The van der Waals surface area contributed by atoms with Gasteiger partial charge in [0.25, 0.3) is 0 Å². The van der Waals surface area contributed by atoms with E-state index in [1.807, 2.05) is 6.07 Å². The smallest absolute Gasteiger partial charge is 0.357 e. The molecule has 1 fully saturated rings. The molecule has 1 aliphatic heterocycles. The third kappa shape index (κ3) is 3.29. The largest absolute Gasteiger partial charge is 0.504 e. The zero-order valence-electron chi connectivity index (χ0n) is 19.7. The summed E-state index contributed by atoms with van der Waals surface area (Å²) in [4.78, 5) is 47.9. The van der Waals surface area contributed by atoms with Gasteiger partial charge in [-0.2, -0.15) is 0 Å². The lowest BCUT2D eigenvalue weighted by molar-refractivity contribution is -0.189. The van der Waals surface area contributed by atoms with Crippen LogP contribution in [0.2, 0.25) is 0 Å². The molecule has 0 radical (unpaired) electrons. The molecule has 4 aliphatic rings. The lowest BCUT2D eigenvalue weighted by Gasteiger charge is -2.59. The van der Waals surface area contributed by atoms with Crippen molar-refractivity contribution in [2.75, 3.05) is 0 Å². The maximum Gasteiger partial charge on any atom is 0.357 e. The van der Waals surface area contributed by atoms with E-state index in [1.165, 1.54) is 12.1 Å². The van der Waals surface area contributed by atoms with Gasteiger partial charge in [-0.05, 0) is 49.3 Å². The summed E-state index contributed by atoms with van der Waals surface area (Å²) in [6.07, 6.45) is -0.824. The fourth-order valence-corrected chi connectivity index (χ4v) is 6.54. The first kappa shape index (κ1) is 24.1. The van der Waals surface area contributed by atoms with Crippen molar-refractivity contribution in [1.82, 2.24) is 0 Å². The van der Waals surface area contributed by atoms with Crippen molar-refractivity contribution in [2.24, 2.45) is 5.92 Å². The first-order chi connectivity index (χ1) is 17.0. The van der Waals surface area contributed by atoms with E-state index in [9.17, 15) is 34.5 Å². The van der Waals surface area contributed by atoms with E-state index in [4.69, 9.17) is 18.9 Å². The van der Waals surface area contributed by atoms with E-state index in [0.29, 0.717) is 18.4 Å². The Morgan fingerprint density at radius 2 is 1.81 bits per heavy atom. The highest BCUT2D eigenvalue weighted by molar-refractivity contribution is 5.88. The molecule has 0 amide bonds. The zero-order valence-corrected chi connectivity index (χ0v) is 19.7. The van der Waals surface area contributed by atoms with Crippen molar-refractivity contribution in [2.45, 2.75) is 75.3 Å². The Kier molecular flexibility index (Phi) is 5.51. The number of phenolic OH excluding ortho intramolecular Hbond substituents is 1. The minimum atomic E-state index is -2.13. The molecule has 0 saturated heterocycles. The zero-order chi connectivity index (χ0) is 26.0. The van der Waals surface area contributed by atoms with Gasteiger partial charge in [-0.1, -0.05) is 12.5 Å². The highest BCUT2D eigenvalue weighted by Crippen LogP contribution is 2.67. The summed E-state index contributed by atoms with van der Waals surface area (Å²) in [7, 11) is 0. The Balaban J connectivity index is 1.53. The van der Waals surface area contributed by atoms with E-state index in [2.05, 4.69) is 0 Å². The Labute approximate surface area is 205 Å². The number of hydrogen-bond acceptors (Lipinski definition) is 10. The van der Waals surface area contributed by atoms with Crippen molar-refractivity contribution in [1.29, 1.82) is 0 Å². The average Bonchev–Trinajstić information content (AvgIpc) is 3.14. The monoisotopic (exact) mass is 502 g/mol. The van der Waals surface area contributed by atoms with Crippen molar-refractivity contribution in [3.63, 3.8) is 0 Å². The molecule has 6 atom stereocenters. The number of aliphatic carboxylic acids is 1. The molecule has 5 rings (SSSR count). The molecule has 0 unspecified atom stereocenters. The lowest BCUT2D eigenvalue weighted by atomic mass is 9.47. The number of rotatable bonds is 6. The summed E-state index contributed by atoms with van der Waals surface area (Å²) in [5.41, 5.74) is -0.534. The third-order valence-corrected chi connectivity index (χ3v) is 7.82. The van der Waals surface area contributed by atoms with Crippen LogP contribution in [-0.4, -0.2) is 63.1 Å². The van der Waals surface area contributed by atoms with Gasteiger partial charge in [0.2, 0.25) is 12.2 Å². The number of carbonyl (C=O) groups excluding carboxylic acids is 3.